The van der Waals surface area contributed by atoms with Crippen molar-refractivity contribution < 1.29 is 22.7 Å². The lowest BCUT2D eigenvalue weighted by molar-refractivity contribution is -0.127. The summed E-state index contributed by atoms with van der Waals surface area (Å²) in [7, 11) is -1.99. The van der Waals surface area contributed by atoms with E-state index in [0.29, 0.717) is 37.8 Å². The van der Waals surface area contributed by atoms with Crippen molar-refractivity contribution in [2.45, 2.75) is 38.2 Å². The summed E-state index contributed by atoms with van der Waals surface area (Å²) < 4.78 is 37.2. The van der Waals surface area contributed by atoms with Crippen LogP contribution in [0.15, 0.2) is 29.2 Å². The van der Waals surface area contributed by atoms with Crippen molar-refractivity contribution in [3.05, 3.63) is 24.3 Å². The van der Waals surface area contributed by atoms with Gasteiger partial charge in [-0.25, -0.2) is 13.1 Å². The van der Waals surface area contributed by atoms with E-state index in [-0.39, 0.29) is 10.8 Å². The molecule has 8 heteroatoms. The van der Waals surface area contributed by atoms with Crippen molar-refractivity contribution in [2.24, 2.45) is 5.92 Å². The van der Waals surface area contributed by atoms with E-state index in [0.717, 1.165) is 0 Å². The van der Waals surface area contributed by atoms with Crippen LogP contribution in [0.25, 0.3) is 0 Å². The van der Waals surface area contributed by atoms with Gasteiger partial charge in [0.25, 0.3) is 5.91 Å². The van der Waals surface area contributed by atoms with E-state index in [1.165, 1.54) is 24.3 Å². The summed E-state index contributed by atoms with van der Waals surface area (Å²) in [4.78, 5) is 12.0. The Morgan fingerprint density at radius 2 is 1.80 bits per heavy atom. The van der Waals surface area contributed by atoms with Gasteiger partial charge in [0.05, 0.1) is 4.90 Å². The van der Waals surface area contributed by atoms with Gasteiger partial charge in [0.2, 0.25) is 10.0 Å². The number of hydrogen-bond acceptors (Lipinski definition) is 5. The first-order valence-electron chi connectivity index (χ1n) is 8.29. The van der Waals surface area contributed by atoms with E-state index in [2.05, 4.69) is 10.0 Å². The Hall–Kier alpha value is -1.64. The zero-order valence-electron chi connectivity index (χ0n) is 15.2. The molecule has 0 spiro atoms. The standard InChI is InChI=1S/C17H28N2O5S/c1-13(2)12-18-17(20)14(3)24-15-6-8-16(9-7-15)25(21,22)19-10-5-11-23-4/h6-9,13-14,19H,5,10-12H2,1-4H3,(H,18,20)/t14-/m0/s1. The second kappa shape index (κ2) is 10.4. The molecule has 0 aliphatic heterocycles. The monoisotopic (exact) mass is 372 g/mol. The zero-order chi connectivity index (χ0) is 18.9. The normalized spacial score (nSPS) is 12.8. The lowest BCUT2D eigenvalue weighted by Crippen LogP contribution is -2.38. The molecular weight excluding hydrogens is 344 g/mol. The van der Waals surface area contributed by atoms with Crippen LogP contribution < -0.4 is 14.8 Å². The maximum Gasteiger partial charge on any atom is 0.260 e. The molecule has 1 aromatic carbocycles. The molecule has 142 valence electrons. The summed E-state index contributed by atoms with van der Waals surface area (Å²) in [5, 5.41) is 2.79. The number of nitrogens with one attached hydrogen (secondary N) is 2. The number of rotatable bonds is 11. The fourth-order valence-electron chi connectivity index (χ4n) is 1.91. The van der Waals surface area contributed by atoms with E-state index in [1.807, 2.05) is 13.8 Å². The molecule has 0 unspecified atom stereocenters. The molecule has 25 heavy (non-hydrogen) atoms. The molecule has 0 aromatic heterocycles. The maximum atomic E-state index is 12.1. The van der Waals surface area contributed by atoms with Gasteiger partial charge in [-0.15, -0.1) is 0 Å². The second-order valence-corrected chi connectivity index (χ2v) is 7.88. The quantitative estimate of drug-likeness (QED) is 0.575. The highest BCUT2D eigenvalue weighted by Gasteiger charge is 2.16. The number of carbonyl (C=O) groups excluding carboxylic acids is 1. The first kappa shape index (κ1) is 21.4. The van der Waals surface area contributed by atoms with Crippen molar-refractivity contribution in [3.63, 3.8) is 0 Å². The minimum atomic E-state index is -3.56. The van der Waals surface area contributed by atoms with Crippen molar-refractivity contribution in [1.82, 2.24) is 10.0 Å². The SMILES string of the molecule is COCCCNS(=O)(=O)c1ccc(O[C@@H](C)C(=O)NCC(C)C)cc1. The molecule has 0 bridgehead atoms. The maximum absolute atomic E-state index is 12.1. The van der Waals surface area contributed by atoms with E-state index in [1.54, 1.807) is 14.0 Å². The summed E-state index contributed by atoms with van der Waals surface area (Å²) in [6.07, 6.45) is -0.0618. The van der Waals surface area contributed by atoms with Crippen molar-refractivity contribution in [3.8, 4) is 5.75 Å². The Labute approximate surface area is 150 Å². The van der Waals surface area contributed by atoms with Gasteiger partial charge in [-0.2, -0.15) is 0 Å². The van der Waals surface area contributed by atoms with Crippen LogP contribution in [0, 0.1) is 5.92 Å². The summed E-state index contributed by atoms with van der Waals surface area (Å²) in [5.41, 5.74) is 0. The Bertz CT molecular complexity index is 629. The fraction of sp³-hybridized carbons (Fsp3) is 0.588. The molecule has 1 rings (SSSR count). The Balaban J connectivity index is 2.59. The van der Waals surface area contributed by atoms with E-state index in [4.69, 9.17) is 9.47 Å². The van der Waals surface area contributed by atoms with Crippen LogP contribution in [0.5, 0.6) is 5.75 Å². The molecule has 0 aliphatic carbocycles. The van der Waals surface area contributed by atoms with Gasteiger partial charge < -0.3 is 14.8 Å². The Morgan fingerprint density at radius 1 is 1.16 bits per heavy atom. The fourth-order valence-corrected chi connectivity index (χ4v) is 2.98. The minimum Gasteiger partial charge on any atom is -0.481 e. The van der Waals surface area contributed by atoms with E-state index in [9.17, 15) is 13.2 Å². The molecule has 0 radical (unpaired) electrons. The van der Waals surface area contributed by atoms with Crippen LogP contribution in [0.1, 0.15) is 27.2 Å². The molecule has 0 heterocycles. The first-order chi connectivity index (χ1) is 11.8. The number of carbonyl (C=O) groups is 1. The van der Waals surface area contributed by atoms with Crippen molar-refractivity contribution >= 4 is 15.9 Å². The zero-order valence-corrected chi connectivity index (χ0v) is 16.1. The van der Waals surface area contributed by atoms with Crippen LogP contribution in [0.4, 0.5) is 0 Å². The van der Waals surface area contributed by atoms with Crippen LogP contribution in [0.2, 0.25) is 0 Å². The summed E-state index contributed by atoms with van der Waals surface area (Å²) >= 11 is 0. The predicted molar refractivity (Wildman–Crippen MR) is 96.1 cm³/mol. The molecule has 0 fully saturated rings. The van der Waals surface area contributed by atoms with Crippen LogP contribution in [0.3, 0.4) is 0 Å². The molecule has 1 aromatic rings. The average Bonchev–Trinajstić information content (AvgIpc) is 2.57. The first-order valence-corrected chi connectivity index (χ1v) is 9.77. The highest BCUT2D eigenvalue weighted by atomic mass is 32.2. The lowest BCUT2D eigenvalue weighted by Gasteiger charge is -2.16. The van der Waals surface area contributed by atoms with Crippen molar-refractivity contribution in [2.75, 3.05) is 26.8 Å². The molecule has 0 saturated carbocycles. The number of benzene rings is 1. The molecule has 1 atom stereocenters. The largest absolute Gasteiger partial charge is 0.481 e. The number of amides is 1. The predicted octanol–water partition coefficient (Wildman–Crippen LogP) is 1.54. The van der Waals surface area contributed by atoms with Crippen LogP contribution in [-0.2, 0) is 19.6 Å². The molecule has 1 amide bonds. The van der Waals surface area contributed by atoms with Gasteiger partial charge in [0, 0.05) is 26.8 Å². The van der Waals surface area contributed by atoms with Crippen LogP contribution >= 0.6 is 0 Å². The average molecular weight is 372 g/mol. The van der Waals surface area contributed by atoms with Gasteiger partial charge in [0.15, 0.2) is 6.10 Å². The third kappa shape index (κ3) is 7.85. The Morgan fingerprint density at radius 3 is 2.36 bits per heavy atom. The smallest absolute Gasteiger partial charge is 0.260 e. The van der Waals surface area contributed by atoms with E-state index >= 15 is 0 Å². The van der Waals surface area contributed by atoms with Gasteiger partial charge in [-0.3, -0.25) is 4.79 Å². The van der Waals surface area contributed by atoms with Gasteiger partial charge in [-0.05, 0) is 43.5 Å². The molecule has 2 N–H and O–H groups in total. The lowest BCUT2D eigenvalue weighted by atomic mass is 10.2. The van der Waals surface area contributed by atoms with Gasteiger partial charge >= 0.3 is 0 Å². The number of methoxy groups -OCH3 is 1. The van der Waals surface area contributed by atoms with E-state index < -0.39 is 16.1 Å². The number of ether oxygens (including phenoxy) is 2. The van der Waals surface area contributed by atoms with Gasteiger partial charge in [-0.1, -0.05) is 13.8 Å². The van der Waals surface area contributed by atoms with Crippen molar-refractivity contribution in [1.29, 1.82) is 0 Å². The highest BCUT2D eigenvalue weighted by molar-refractivity contribution is 7.89. The second-order valence-electron chi connectivity index (χ2n) is 6.11. The molecule has 0 saturated heterocycles. The third-order valence-electron chi connectivity index (χ3n) is 3.32. The number of sulfonamides is 1. The molecule has 0 aliphatic rings. The molecular formula is C17H28N2O5S. The summed E-state index contributed by atoms with van der Waals surface area (Å²) in [5.74, 6) is 0.591. The highest BCUT2D eigenvalue weighted by Crippen LogP contribution is 2.17. The van der Waals surface area contributed by atoms with Gasteiger partial charge in [0.1, 0.15) is 5.75 Å². The third-order valence-corrected chi connectivity index (χ3v) is 4.79. The number of hydrogen-bond donors (Lipinski definition) is 2. The van der Waals surface area contributed by atoms with Crippen LogP contribution in [-0.4, -0.2) is 47.2 Å². The summed E-state index contributed by atoms with van der Waals surface area (Å²) in [6.45, 7) is 7.05. The summed E-state index contributed by atoms with van der Waals surface area (Å²) in [6, 6.07) is 5.98. The topological polar surface area (TPSA) is 93.7 Å². The molecule has 7 nitrogen and oxygen atoms in total. The Kier molecular flexibility index (Phi) is 8.88. The minimum absolute atomic E-state index is 0.147.